The Hall–Kier alpha value is -2.72. The molecule has 7 rings (SSSR count). The van der Waals surface area contributed by atoms with Crippen LogP contribution in [0.25, 0.3) is 22.3 Å². The van der Waals surface area contributed by atoms with Gasteiger partial charge >= 0.3 is 13.6 Å². The van der Waals surface area contributed by atoms with Gasteiger partial charge in [-0.15, -0.1) is 0 Å². The molecule has 0 amide bonds. The number of nitrogens with zero attached hydrogens (tertiary/aromatic N) is 7. The number of hydrogen-bond acceptors (Lipinski definition) is 16. The van der Waals surface area contributed by atoms with Crippen LogP contribution >= 0.6 is 38.1 Å². The first-order valence-corrected chi connectivity index (χ1v) is 18.3. The average Bonchev–Trinajstić information content (AvgIpc) is 3.72. The molecule has 5 N–H and O–H groups in total. The van der Waals surface area contributed by atoms with Crippen molar-refractivity contribution in [3.63, 3.8) is 0 Å². The number of aromatic nitrogens is 8. The molecule has 0 aromatic carbocycles. The van der Waals surface area contributed by atoms with E-state index in [-0.39, 0.29) is 34.1 Å². The van der Waals surface area contributed by atoms with E-state index in [0.717, 1.165) is 17.2 Å². The highest BCUT2D eigenvalue weighted by Crippen LogP contribution is 2.60. The van der Waals surface area contributed by atoms with Gasteiger partial charge in [0, 0.05) is 0 Å². The SMILES string of the molecule is Nc1nc2c(ncn2[C@@H]2O[C@@H]3CO[P@](=O)(S)O[C@@H]4[C@H](F)[C@@H](CO[P@@](=O)(S)O[C@H]3[C@H]2F)O[C@H]4n2cnc3c(N)ncnc32)c(=O)[nH]1. The first kappa shape index (κ1) is 30.9. The molecule has 3 fully saturated rings. The molecule has 45 heavy (non-hydrogen) atoms. The third-order valence-electron chi connectivity index (χ3n) is 7.23. The Morgan fingerprint density at radius 2 is 1.47 bits per heavy atom. The van der Waals surface area contributed by atoms with Crippen LogP contribution in [0.1, 0.15) is 12.5 Å². The quantitative estimate of drug-likeness (QED) is 0.146. The summed E-state index contributed by atoms with van der Waals surface area (Å²) >= 11 is 7.94. The number of thiol groups is 2. The number of rotatable bonds is 2. The van der Waals surface area contributed by atoms with Crippen LogP contribution in [0.3, 0.4) is 0 Å². The summed E-state index contributed by atoms with van der Waals surface area (Å²) in [5, 5.41) is 0. The molecule has 4 aromatic heterocycles. The lowest BCUT2D eigenvalue weighted by Gasteiger charge is -2.26. The fourth-order valence-corrected chi connectivity index (χ4v) is 8.17. The number of nitrogens with one attached hydrogen (secondary N) is 1. The number of alkyl halides is 2. The molecule has 19 nitrogen and oxygen atoms in total. The number of imidazole rings is 2. The van der Waals surface area contributed by atoms with Crippen LogP contribution in [0.2, 0.25) is 0 Å². The number of fused-ring (bicyclic) bond motifs is 5. The van der Waals surface area contributed by atoms with Gasteiger partial charge in [-0.2, -0.15) is 4.98 Å². The van der Waals surface area contributed by atoms with Crippen molar-refractivity contribution in [2.24, 2.45) is 0 Å². The molecule has 3 aliphatic heterocycles. The molecule has 7 heterocycles. The van der Waals surface area contributed by atoms with Crippen LogP contribution in [0.15, 0.2) is 23.8 Å². The summed E-state index contributed by atoms with van der Waals surface area (Å²) in [6.07, 6.45) is -9.99. The monoisotopic (exact) mass is 710 g/mol. The first-order chi connectivity index (χ1) is 21.3. The van der Waals surface area contributed by atoms with E-state index >= 15 is 8.78 Å². The standard InChI is InChI=1S/C20H22F2N10O9P2S2/c21-8-6-1-36-42(34,44)40-12-7(39-18(9(12)22)32-5-28-11-16(32)29-20(24)30-17(11)33)2-37-43(35,45)41-13(8)19(38-6)31-4-27-10-14(23)25-3-26-15(10)31/h3-9,12-13,18-19H,1-2H2,(H,34,44)(H,35,45)(H2,23,25,26)(H3,24,29,30,33)/t6-,7-,8-,9-,12-,13-,18-,19-,42-,43+/m1/s1. The lowest BCUT2D eigenvalue weighted by Crippen LogP contribution is -2.33. The fourth-order valence-electron chi connectivity index (χ4n) is 5.23. The normalized spacial score (nSPS) is 37.7. The second kappa shape index (κ2) is 11.2. The molecule has 0 unspecified atom stereocenters. The summed E-state index contributed by atoms with van der Waals surface area (Å²) in [5.41, 5.74) is 10.8. The van der Waals surface area contributed by atoms with Crippen molar-refractivity contribution in [3.05, 3.63) is 29.3 Å². The topological polar surface area (TPSA) is 249 Å². The van der Waals surface area contributed by atoms with Gasteiger partial charge in [-0.1, -0.05) is 24.5 Å². The summed E-state index contributed by atoms with van der Waals surface area (Å²) in [5.74, 6) is -0.234. The predicted octanol–water partition coefficient (Wildman–Crippen LogP) is 1.49. The number of anilines is 2. The van der Waals surface area contributed by atoms with Crippen molar-refractivity contribution in [1.82, 2.24) is 39.0 Å². The van der Waals surface area contributed by atoms with Gasteiger partial charge in [0.25, 0.3) is 5.56 Å². The first-order valence-electron chi connectivity index (χ1n) is 12.9. The Morgan fingerprint density at radius 1 is 0.844 bits per heavy atom. The molecule has 25 heteroatoms. The number of nitrogen functional groups attached to an aromatic ring is 2. The van der Waals surface area contributed by atoms with Crippen LogP contribution in [0.4, 0.5) is 20.5 Å². The smallest absolute Gasteiger partial charge is 0.382 e. The number of aromatic amines is 1. The van der Waals surface area contributed by atoms with E-state index in [1.54, 1.807) is 0 Å². The van der Waals surface area contributed by atoms with Crippen LogP contribution in [-0.2, 0) is 36.7 Å². The average molecular weight is 711 g/mol. The summed E-state index contributed by atoms with van der Waals surface area (Å²) in [4.78, 5) is 34.5. The highest BCUT2D eigenvalue weighted by atomic mass is 32.7. The number of halogens is 2. The van der Waals surface area contributed by atoms with E-state index in [9.17, 15) is 13.9 Å². The van der Waals surface area contributed by atoms with Crippen molar-refractivity contribution in [2.45, 2.75) is 49.2 Å². The number of hydrogen-bond donors (Lipinski definition) is 5. The van der Waals surface area contributed by atoms with Crippen LogP contribution < -0.4 is 17.0 Å². The van der Waals surface area contributed by atoms with Gasteiger partial charge in [-0.3, -0.25) is 37.0 Å². The number of ether oxygens (including phenoxy) is 2. The molecule has 3 aliphatic rings. The molecular weight excluding hydrogens is 688 g/mol. The van der Waals surface area contributed by atoms with Gasteiger partial charge in [0.05, 0.1) is 25.9 Å². The molecule has 0 radical (unpaired) electrons. The summed E-state index contributed by atoms with van der Waals surface area (Å²) in [7, 11) is 0. The summed E-state index contributed by atoms with van der Waals surface area (Å²) in [6.45, 7) is -10.4. The fraction of sp³-hybridized carbons (Fsp3) is 0.500. The summed E-state index contributed by atoms with van der Waals surface area (Å²) < 4.78 is 94.2. The van der Waals surface area contributed by atoms with Crippen LogP contribution in [-0.4, -0.2) is 89.0 Å². The van der Waals surface area contributed by atoms with E-state index in [1.807, 2.05) is 0 Å². The number of H-pyrrole nitrogens is 1. The Labute approximate surface area is 259 Å². The molecular formula is C20H22F2N10O9P2S2. The lowest BCUT2D eigenvalue weighted by atomic mass is 10.1. The maximum Gasteiger partial charge on any atom is 0.386 e. The van der Waals surface area contributed by atoms with Crippen molar-refractivity contribution in [2.75, 3.05) is 24.7 Å². The molecule has 3 saturated heterocycles. The Kier molecular flexibility index (Phi) is 7.70. The van der Waals surface area contributed by atoms with E-state index in [4.69, 9.17) is 39.0 Å². The Bertz CT molecular complexity index is 1950. The van der Waals surface area contributed by atoms with E-state index in [2.05, 4.69) is 54.4 Å². The predicted molar refractivity (Wildman–Crippen MR) is 155 cm³/mol. The highest BCUT2D eigenvalue weighted by Gasteiger charge is 2.54. The van der Waals surface area contributed by atoms with Gasteiger partial charge in [-0.25, -0.2) is 37.8 Å². The van der Waals surface area contributed by atoms with Crippen molar-refractivity contribution in [3.8, 4) is 0 Å². The minimum absolute atomic E-state index is 0.0368. The molecule has 242 valence electrons. The molecule has 0 aliphatic carbocycles. The second-order valence-electron chi connectivity index (χ2n) is 10.0. The van der Waals surface area contributed by atoms with Gasteiger partial charge in [0.1, 0.15) is 36.3 Å². The van der Waals surface area contributed by atoms with Gasteiger partial charge in [-0.05, 0) is 0 Å². The molecule has 0 spiro atoms. The minimum Gasteiger partial charge on any atom is -0.382 e. The number of nitrogens with two attached hydrogens (primary N) is 2. The second-order valence-corrected chi connectivity index (χ2v) is 15.8. The third kappa shape index (κ3) is 5.53. The zero-order chi connectivity index (χ0) is 31.8. The lowest BCUT2D eigenvalue weighted by molar-refractivity contribution is -0.0563. The minimum atomic E-state index is -4.48. The molecule has 10 atom stereocenters. The zero-order valence-corrected chi connectivity index (χ0v) is 25.8. The van der Waals surface area contributed by atoms with Gasteiger partial charge in [0.15, 0.2) is 47.4 Å². The zero-order valence-electron chi connectivity index (χ0n) is 22.3. The largest absolute Gasteiger partial charge is 0.386 e. The van der Waals surface area contributed by atoms with E-state index in [1.165, 1.54) is 10.9 Å². The highest BCUT2D eigenvalue weighted by molar-refractivity contribution is 8.44. The molecule has 2 bridgehead atoms. The van der Waals surface area contributed by atoms with Crippen LogP contribution in [0, 0.1) is 0 Å². The third-order valence-corrected chi connectivity index (χ3v) is 10.5. The van der Waals surface area contributed by atoms with Gasteiger partial charge in [0.2, 0.25) is 5.95 Å². The summed E-state index contributed by atoms with van der Waals surface area (Å²) in [6, 6.07) is 0. The van der Waals surface area contributed by atoms with Crippen molar-refractivity contribution >= 4 is 72.2 Å². The maximum absolute atomic E-state index is 16.0. The van der Waals surface area contributed by atoms with Crippen molar-refractivity contribution < 1.29 is 45.5 Å². The Balaban J connectivity index is 1.21. The molecule has 0 saturated carbocycles. The van der Waals surface area contributed by atoms with Crippen molar-refractivity contribution in [1.29, 1.82) is 0 Å². The van der Waals surface area contributed by atoms with E-state index < -0.39 is 81.6 Å². The van der Waals surface area contributed by atoms with Gasteiger partial charge < -0.3 is 20.9 Å². The van der Waals surface area contributed by atoms with Crippen LogP contribution in [0.5, 0.6) is 0 Å². The molecule has 4 aromatic rings. The maximum atomic E-state index is 16.0. The van der Waals surface area contributed by atoms with E-state index in [0.29, 0.717) is 0 Å². The Morgan fingerprint density at radius 3 is 2.20 bits per heavy atom.